The molecule has 12 nitrogen and oxygen atoms in total. The second-order valence-electron chi connectivity index (χ2n) is 8.74. The monoisotopic (exact) mass is 556 g/mol. The Labute approximate surface area is 227 Å². The van der Waals surface area contributed by atoms with Crippen LogP contribution in [0.15, 0.2) is 42.6 Å². The fourth-order valence-corrected chi connectivity index (χ4v) is 4.07. The van der Waals surface area contributed by atoms with Gasteiger partial charge in [-0.3, -0.25) is 4.79 Å². The number of hydrogen-bond donors (Lipinski definition) is 3. The maximum Gasteiger partial charge on any atom is 0.301 e. The van der Waals surface area contributed by atoms with Crippen molar-refractivity contribution in [2.24, 2.45) is 0 Å². The van der Waals surface area contributed by atoms with Crippen molar-refractivity contribution in [2.45, 2.75) is 24.6 Å². The third kappa shape index (κ3) is 6.16. The van der Waals surface area contributed by atoms with Gasteiger partial charge in [0.05, 0.1) is 38.6 Å². The molecule has 4 rings (SSSR count). The van der Waals surface area contributed by atoms with Crippen LogP contribution >= 0.6 is 0 Å². The number of anilines is 2. The summed E-state index contributed by atoms with van der Waals surface area (Å²) in [4.78, 5) is 25.7. The van der Waals surface area contributed by atoms with E-state index in [2.05, 4.69) is 20.3 Å². The number of nitrogens with one attached hydrogen (secondary N) is 1. The lowest BCUT2D eigenvalue weighted by molar-refractivity contribution is -0.167. The standard InChI is InChI=1S/C26H26F2N6O6/c1-38-20-5-6-22(32-23(20)39-2)33-25-30-9-7-17(31-25)15-3-4-19(16(11-15)12-29)40-21-8-10-34(14-26(21,27)28)24(37)18(36)13-35/h3-7,9,11,18,21,35-36H,8,10,13-14H2,1-2H3,(H,30,31,32,33). The number of alkyl halides is 2. The van der Waals surface area contributed by atoms with Crippen molar-refractivity contribution in [2.75, 3.05) is 39.2 Å². The van der Waals surface area contributed by atoms with Gasteiger partial charge >= 0.3 is 5.92 Å². The molecule has 14 heteroatoms. The molecule has 3 N–H and O–H groups in total. The topological polar surface area (TPSA) is 163 Å². The Balaban J connectivity index is 1.50. The van der Waals surface area contributed by atoms with E-state index in [1.165, 1.54) is 32.5 Å². The van der Waals surface area contributed by atoms with E-state index in [0.717, 1.165) is 4.90 Å². The molecule has 3 heterocycles. The molecule has 0 radical (unpaired) electrons. The number of methoxy groups -OCH3 is 2. The highest BCUT2D eigenvalue weighted by molar-refractivity contribution is 5.81. The van der Waals surface area contributed by atoms with E-state index < -0.39 is 37.2 Å². The Bertz CT molecular complexity index is 1420. The fourth-order valence-electron chi connectivity index (χ4n) is 4.07. The largest absolute Gasteiger partial charge is 0.491 e. The average molecular weight is 557 g/mol. The summed E-state index contributed by atoms with van der Waals surface area (Å²) in [5.74, 6) is -3.16. The number of benzene rings is 1. The highest BCUT2D eigenvalue weighted by Gasteiger charge is 2.48. The number of aromatic nitrogens is 3. The first kappa shape index (κ1) is 28.4. The summed E-state index contributed by atoms with van der Waals surface area (Å²) in [6, 6.07) is 11.3. The minimum Gasteiger partial charge on any atom is -0.491 e. The molecule has 2 aromatic heterocycles. The molecule has 1 aliphatic rings. The van der Waals surface area contributed by atoms with Crippen molar-refractivity contribution >= 4 is 17.7 Å². The molecule has 1 fully saturated rings. The zero-order chi connectivity index (χ0) is 28.9. The van der Waals surface area contributed by atoms with Crippen LogP contribution in [-0.4, -0.2) is 88.0 Å². The normalized spacial score (nSPS) is 16.9. The molecule has 1 amide bonds. The van der Waals surface area contributed by atoms with Crippen molar-refractivity contribution in [3.8, 4) is 34.7 Å². The SMILES string of the molecule is COc1ccc(Nc2nccc(-c3ccc(OC4CCN(C(=O)C(O)CO)CC4(F)F)c(C#N)c3)n2)nc1OC. The lowest BCUT2D eigenvalue weighted by Gasteiger charge is -2.38. The summed E-state index contributed by atoms with van der Waals surface area (Å²) in [5.41, 5.74) is 0.970. The lowest BCUT2D eigenvalue weighted by atomic mass is 10.0. The molecule has 1 saturated heterocycles. The Hall–Kier alpha value is -4.61. The summed E-state index contributed by atoms with van der Waals surface area (Å²) >= 11 is 0. The molecule has 0 aliphatic carbocycles. The van der Waals surface area contributed by atoms with Crippen LogP contribution in [0.4, 0.5) is 20.5 Å². The number of carbonyl (C=O) groups excluding carboxylic acids is 1. The van der Waals surface area contributed by atoms with Crippen LogP contribution in [0, 0.1) is 11.3 Å². The first-order chi connectivity index (χ1) is 19.2. The van der Waals surface area contributed by atoms with E-state index in [4.69, 9.17) is 19.3 Å². The third-order valence-electron chi connectivity index (χ3n) is 6.10. The van der Waals surface area contributed by atoms with Gasteiger partial charge in [0, 0.05) is 24.7 Å². The van der Waals surface area contributed by atoms with Crippen molar-refractivity contribution in [1.29, 1.82) is 5.26 Å². The number of amides is 1. The predicted molar refractivity (Wildman–Crippen MR) is 136 cm³/mol. The van der Waals surface area contributed by atoms with Crippen LogP contribution in [0.2, 0.25) is 0 Å². The number of piperidine rings is 1. The van der Waals surface area contributed by atoms with Crippen molar-refractivity contribution in [3.63, 3.8) is 0 Å². The number of nitrogens with zero attached hydrogens (tertiary/aromatic N) is 5. The summed E-state index contributed by atoms with van der Waals surface area (Å²) < 4.78 is 45.6. The highest BCUT2D eigenvalue weighted by Crippen LogP contribution is 2.34. The number of ether oxygens (including phenoxy) is 3. The number of aliphatic hydroxyl groups is 2. The summed E-state index contributed by atoms with van der Waals surface area (Å²) in [5, 5.41) is 31.1. The third-order valence-corrected chi connectivity index (χ3v) is 6.10. The van der Waals surface area contributed by atoms with Gasteiger partial charge < -0.3 is 34.6 Å². The summed E-state index contributed by atoms with van der Waals surface area (Å²) in [6.45, 7) is -1.96. The Morgan fingerprint density at radius 2 is 2.00 bits per heavy atom. The number of likely N-dealkylation sites (tertiary alicyclic amines) is 1. The van der Waals surface area contributed by atoms with E-state index in [-0.39, 0.29) is 36.1 Å². The predicted octanol–water partition coefficient (Wildman–Crippen LogP) is 2.14. The van der Waals surface area contributed by atoms with E-state index in [9.17, 15) is 23.9 Å². The minimum atomic E-state index is -3.46. The number of pyridine rings is 1. The molecular formula is C26H26F2N6O6. The van der Waals surface area contributed by atoms with Crippen molar-refractivity contribution in [1.82, 2.24) is 19.9 Å². The van der Waals surface area contributed by atoms with Crippen molar-refractivity contribution in [3.05, 3.63) is 48.2 Å². The van der Waals surface area contributed by atoms with E-state index in [1.807, 2.05) is 6.07 Å². The van der Waals surface area contributed by atoms with E-state index in [0.29, 0.717) is 22.8 Å². The second-order valence-corrected chi connectivity index (χ2v) is 8.74. The van der Waals surface area contributed by atoms with Crippen LogP contribution in [0.25, 0.3) is 11.3 Å². The van der Waals surface area contributed by atoms with Gasteiger partial charge in [0.2, 0.25) is 5.95 Å². The molecule has 210 valence electrons. The molecule has 1 aliphatic heterocycles. The number of carbonyl (C=O) groups is 1. The lowest BCUT2D eigenvalue weighted by Crippen LogP contribution is -2.57. The molecule has 3 aromatic rings. The molecule has 40 heavy (non-hydrogen) atoms. The Morgan fingerprint density at radius 1 is 1.23 bits per heavy atom. The number of aliphatic hydroxyl groups excluding tert-OH is 2. The first-order valence-corrected chi connectivity index (χ1v) is 12.0. The van der Waals surface area contributed by atoms with Crippen LogP contribution in [-0.2, 0) is 4.79 Å². The van der Waals surface area contributed by atoms with E-state index >= 15 is 0 Å². The van der Waals surface area contributed by atoms with Gasteiger partial charge in [-0.05, 0) is 36.4 Å². The smallest absolute Gasteiger partial charge is 0.301 e. The molecule has 0 saturated carbocycles. The van der Waals surface area contributed by atoms with Gasteiger partial charge in [-0.2, -0.15) is 10.2 Å². The van der Waals surface area contributed by atoms with Gasteiger partial charge in [0.25, 0.3) is 11.8 Å². The fraction of sp³-hybridized carbons (Fsp3) is 0.346. The number of nitriles is 1. The van der Waals surface area contributed by atoms with E-state index in [1.54, 1.807) is 24.3 Å². The second kappa shape index (κ2) is 12.1. The molecule has 1 aromatic carbocycles. The van der Waals surface area contributed by atoms with Crippen LogP contribution < -0.4 is 19.5 Å². The summed E-state index contributed by atoms with van der Waals surface area (Å²) in [7, 11) is 2.95. The maximum absolute atomic E-state index is 14.8. The van der Waals surface area contributed by atoms with Gasteiger partial charge in [-0.15, -0.1) is 0 Å². The molecular weight excluding hydrogens is 530 g/mol. The van der Waals surface area contributed by atoms with Crippen molar-refractivity contribution < 1.29 is 38.0 Å². The molecule has 2 atom stereocenters. The highest BCUT2D eigenvalue weighted by atomic mass is 19.3. The Kier molecular flexibility index (Phi) is 8.56. The molecule has 0 spiro atoms. The van der Waals surface area contributed by atoms with Gasteiger partial charge in [-0.25, -0.2) is 18.7 Å². The van der Waals surface area contributed by atoms with Crippen LogP contribution in [0.3, 0.4) is 0 Å². The number of hydrogen-bond acceptors (Lipinski definition) is 11. The Morgan fingerprint density at radius 3 is 2.67 bits per heavy atom. The zero-order valence-electron chi connectivity index (χ0n) is 21.5. The van der Waals surface area contributed by atoms with Gasteiger partial charge in [0.15, 0.2) is 18.0 Å². The van der Waals surface area contributed by atoms with Crippen LogP contribution in [0.5, 0.6) is 17.4 Å². The maximum atomic E-state index is 14.8. The number of rotatable bonds is 9. The van der Waals surface area contributed by atoms with Gasteiger partial charge in [-0.1, -0.05) is 0 Å². The quantitative estimate of drug-likeness (QED) is 0.354. The summed E-state index contributed by atoms with van der Waals surface area (Å²) in [6.07, 6.45) is -2.11. The average Bonchev–Trinajstić information content (AvgIpc) is 2.97. The number of halogens is 2. The first-order valence-electron chi connectivity index (χ1n) is 12.0. The molecule has 2 unspecified atom stereocenters. The zero-order valence-corrected chi connectivity index (χ0v) is 21.5. The molecule has 0 bridgehead atoms. The van der Waals surface area contributed by atoms with Gasteiger partial charge in [0.1, 0.15) is 17.6 Å². The van der Waals surface area contributed by atoms with Crippen LogP contribution in [0.1, 0.15) is 12.0 Å². The minimum absolute atomic E-state index is 0.0113.